The van der Waals surface area contributed by atoms with Crippen molar-refractivity contribution in [2.24, 2.45) is 0 Å². The summed E-state index contributed by atoms with van der Waals surface area (Å²) in [5, 5.41) is 5.22. The van der Waals surface area contributed by atoms with E-state index in [4.69, 9.17) is 0 Å². The highest BCUT2D eigenvalue weighted by Crippen LogP contribution is 2.54. The van der Waals surface area contributed by atoms with Crippen LogP contribution >= 0.6 is 11.3 Å². The molecule has 1 aliphatic carbocycles. The average molecular weight is 518 g/mol. The average Bonchev–Trinajstić information content (AvgIpc) is 3.44. The Kier molecular flexibility index (Phi) is 4.80. The predicted octanol–water partition coefficient (Wildman–Crippen LogP) is 11.0. The van der Waals surface area contributed by atoms with Gasteiger partial charge in [0.15, 0.2) is 0 Å². The van der Waals surface area contributed by atoms with Crippen molar-refractivity contribution in [3.8, 4) is 11.1 Å². The maximum absolute atomic E-state index is 2.45. The van der Waals surface area contributed by atoms with E-state index < -0.39 is 0 Å². The van der Waals surface area contributed by atoms with Gasteiger partial charge in [-0.25, -0.2) is 0 Å². The molecule has 6 aromatic carbocycles. The minimum absolute atomic E-state index is 0.0428. The Hall–Kier alpha value is -4.40. The van der Waals surface area contributed by atoms with Gasteiger partial charge in [-0.1, -0.05) is 92.7 Å². The lowest BCUT2D eigenvalue weighted by atomic mass is 9.82. The summed E-state index contributed by atoms with van der Waals surface area (Å²) in [6, 6.07) is 46.9. The molecule has 0 radical (unpaired) electrons. The number of hydrogen-bond acceptors (Lipinski definition) is 2. The zero-order valence-electron chi connectivity index (χ0n) is 22.0. The Morgan fingerprint density at radius 1 is 0.538 bits per heavy atom. The SMILES string of the molecule is CC1(C)c2ccccc2-c2c(N(c3ccccc3)c3ccc4sc5cc6ccccc6cc5c4c3)cccc21. The molecule has 0 saturated carbocycles. The second-order valence-electron chi connectivity index (χ2n) is 11.0. The van der Waals surface area contributed by atoms with Gasteiger partial charge in [0.25, 0.3) is 0 Å². The molecular weight excluding hydrogens is 490 g/mol. The van der Waals surface area contributed by atoms with Gasteiger partial charge >= 0.3 is 0 Å². The van der Waals surface area contributed by atoms with E-state index in [0.29, 0.717) is 0 Å². The number of fused-ring (bicyclic) bond motifs is 7. The van der Waals surface area contributed by atoms with Crippen molar-refractivity contribution in [2.45, 2.75) is 19.3 Å². The molecule has 1 heterocycles. The summed E-state index contributed by atoms with van der Waals surface area (Å²) in [6.45, 7) is 4.70. The van der Waals surface area contributed by atoms with E-state index in [-0.39, 0.29) is 5.41 Å². The van der Waals surface area contributed by atoms with Gasteiger partial charge in [0, 0.05) is 42.5 Å². The van der Waals surface area contributed by atoms with Crippen molar-refractivity contribution < 1.29 is 0 Å². The number of benzene rings is 6. The summed E-state index contributed by atoms with van der Waals surface area (Å²) in [7, 11) is 0. The molecule has 0 spiro atoms. The summed E-state index contributed by atoms with van der Waals surface area (Å²) in [4.78, 5) is 2.45. The van der Waals surface area contributed by atoms with Crippen molar-refractivity contribution >= 4 is 59.3 Å². The molecule has 0 bridgehead atoms. The lowest BCUT2D eigenvalue weighted by Crippen LogP contribution is -2.16. The highest BCUT2D eigenvalue weighted by Gasteiger charge is 2.37. The van der Waals surface area contributed by atoms with Crippen LogP contribution in [-0.4, -0.2) is 0 Å². The number of para-hydroxylation sites is 1. The van der Waals surface area contributed by atoms with Gasteiger partial charge in [0.1, 0.15) is 0 Å². The van der Waals surface area contributed by atoms with Crippen molar-refractivity contribution in [1.82, 2.24) is 0 Å². The molecule has 1 aliphatic rings. The molecule has 0 aliphatic heterocycles. The van der Waals surface area contributed by atoms with Gasteiger partial charge in [0.05, 0.1) is 5.69 Å². The minimum atomic E-state index is -0.0428. The van der Waals surface area contributed by atoms with E-state index in [2.05, 4.69) is 146 Å². The molecule has 0 N–H and O–H groups in total. The van der Waals surface area contributed by atoms with Crippen LogP contribution in [0.15, 0.2) is 127 Å². The van der Waals surface area contributed by atoms with Gasteiger partial charge in [-0.3, -0.25) is 0 Å². The number of anilines is 3. The highest BCUT2D eigenvalue weighted by atomic mass is 32.1. The summed E-state index contributed by atoms with van der Waals surface area (Å²) in [6.07, 6.45) is 0. The Bertz CT molecular complexity index is 2050. The third-order valence-corrected chi connectivity index (χ3v) is 9.55. The van der Waals surface area contributed by atoms with Crippen LogP contribution in [0.1, 0.15) is 25.0 Å². The fraction of sp³-hybridized carbons (Fsp3) is 0.0811. The molecule has 39 heavy (non-hydrogen) atoms. The minimum Gasteiger partial charge on any atom is -0.310 e. The molecule has 1 aromatic heterocycles. The number of nitrogens with zero attached hydrogens (tertiary/aromatic N) is 1. The topological polar surface area (TPSA) is 3.24 Å². The smallest absolute Gasteiger partial charge is 0.0543 e. The Labute approximate surface area is 232 Å². The molecule has 0 atom stereocenters. The van der Waals surface area contributed by atoms with Crippen LogP contribution < -0.4 is 4.90 Å². The van der Waals surface area contributed by atoms with Crippen LogP contribution in [0, 0.1) is 0 Å². The van der Waals surface area contributed by atoms with Crippen molar-refractivity contribution in [2.75, 3.05) is 4.90 Å². The van der Waals surface area contributed by atoms with Crippen molar-refractivity contribution in [1.29, 1.82) is 0 Å². The molecule has 1 nitrogen and oxygen atoms in total. The first-order valence-electron chi connectivity index (χ1n) is 13.5. The zero-order chi connectivity index (χ0) is 26.1. The van der Waals surface area contributed by atoms with E-state index in [1.807, 2.05) is 11.3 Å². The van der Waals surface area contributed by atoms with Crippen LogP contribution in [0.3, 0.4) is 0 Å². The molecular formula is C37H27NS. The summed E-state index contributed by atoms with van der Waals surface area (Å²) < 4.78 is 2.66. The number of thiophene rings is 1. The van der Waals surface area contributed by atoms with Gasteiger partial charge in [-0.05, 0) is 76.0 Å². The van der Waals surface area contributed by atoms with Crippen LogP contribution in [0.5, 0.6) is 0 Å². The number of hydrogen-bond donors (Lipinski definition) is 0. The van der Waals surface area contributed by atoms with E-state index in [9.17, 15) is 0 Å². The normalized spacial score (nSPS) is 13.6. The van der Waals surface area contributed by atoms with Gasteiger partial charge in [-0.15, -0.1) is 11.3 Å². The molecule has 8 rings (SSSR count). The summed E-state index contributed by atoms with van der Waals surface area (Å²) >= 11 is 1.88. The maximum atomic E-state index is 2.45. The van der Waals surface area contributed by atoms with Crippen LogP contribution in [0.4, 0.5) is 17.1 Å². The first kappa shape index (κ1) is 22.6. The van der Waals surface area contributed by atoms with Crippen LogP contribution in [0.2, 0.25) is 0 Å². The van der Waals surface area contributed by atoms with Gasteiger partial charge < -0.3 is 4.90 Å². The molecule has 7 aromatic rings. The van der Waals surface area contributed by atoms with E-state index >= 15 is 0 Å². The Balaban J connectivity index is 1.40. The summed E-state index contributed by atoms with van der Waals surface area (Å²) in [5.74, 6) is 0. The maximum Gasteiger partial charge on any atom is 0.0543 e. The Morgan fingerprint density at radius 3 is 2.08 bits per heavy atom. The molecule has 0 saturated heterocycles. The third-order valence-electron chi connectivity index (χ3n) is 8.42. The van der Waals surface area contributed by atoms with E-state index in [1.54, 1.807) is 0 Å². The van der Waals surface area contributed by atoms with Gasteiger partial charge in [0.2, 0.25) is 0 Å². The lowest BCUT2D eigenvalue weighted by Gasteiger charge is -2.29. The highest BCUT2D eigenvalue weighted by molar-refractivity contribution is 7.25. The zero-order valence-corrected chi connectivity index (χ0v) is 22.8. The van der Waals surface area contributed by atoms with Crippen LogP contribution in [-0.2, 0) is 5.41 Å². The molecule has 0 fully saturated rings. The quantitative estimate of drug-likeness (QED) is 0.225. The van der Waals surface area contributed by atoms with E-state index in [1.165, 1.54) is 64.6 Å². The fourth-order valence-electron chi connectivity index (χ4n) is 6.52. The molecule has 0 amide bonds. The van der Waals surface area contributed by atoms with E-state index in [0.717, 1.165) is 5.69 Å². The van der Waals surface area contributed by atoms with Crippen molar-refractivity contribution in [3.05, 3.63) is 139 Å². The predicted molar refractivity (Wildman–Crippen MR) is 169 cm³/mol. The second kappa shape index (κ2) is 8.30. The molecule has 2 heteroatoms. The summed E-state index contributed by atoms with van der Waals surface area (Å²) in [5.41, 5.74) is 8.97. The molecule has 0 unspecified atom stereocenters. The fourth-order valence-corrected chi connectivity index (χ4v) is 7.63. The standard InChI is InChI=1S/C37H27NS/c1-37(2)31-16-9-8-15-28(31)36-32(37)17-10-18-33(36)38(26-13-4-3-5-14-26)27-19-20-34-30(23-27)29-21-24-11-6-7-12-25(24)22-35(29)39-34/h3-23H,1-2H3. The van der Waals surface area contributed by atoms with Crippen molar-refractivity contribution in [3.63, 3.8) is 0 Å². The van der Waals surface area contributed by atoms with Gasteiger partial charge in [-0.2, -0.15) is 0 Å². The van der Waals surface area contributed by atoms with Crippen LogP contribution in [0.25, 0.3) is 42.1 Å². The number of rotatable bonds is 3. The largest absolute Gasteiger partial charge is 0.310 e. The lowest BCUT2D eigenvalue weighted by molar-refractivity contribution is 0.660. The Morgan fingerprint density at radius 2 is 1.23 bits per heavy atom. The third kappa shape index (κ3) is 3.32. The second-order valence-corrected chi connectivity index (χ2v) is 12.1. The molecule has 186 valence electrons. The first-order chi connectivity index (χ1) is 19.1. The monoisotopic (exact) mass is 517 g/mol. The first-order valence-corrected chi connectivity index (χ1v) is 14.3.